The van der Waals surface area contributed by atoms with Crippen LogP contribution in [0.5, 0.6) is 0 Å². The van der Waals surface area contributed by atoms with Crippen molar-refractivity contribution >= 4 is 5.84 Å². The maximum atomic E-state index is 7.48. The summed E-state index contributed by atoms with van der Waals surface area (Å²) in [6, 6.07) is 0. The average molecular weight is 166 g/mol. The van der Waals surface area contributed by atoms with Crippen molar-refractivity contribution in [2.45, 2.75) is 20.8 Å². The molecule has 0 fully saturated rings. The SMILES string of the molecule is C=CC(=C)C(C)(C(=N)N)C(C)C. The smallest absolute Gasteiger partial charge is 0.101 e. The second-order valence-corrected chi connectivity index (χ2v) is 3.50. The fourth-order valence-electron chi connectivity index (χ4n) is 1.07. The Labute approximate surface area is 74.7 Å². The number of nitrogens with two attached hydrogens (primary N) is 1. The summed E-state index contributed by atoms with van der Waals surface area (Å²) in [5.41, 5.74) is 5.89. The molecule has 0 aliphatic heterocycles. The molecular weight excluding hydrogens is 148 g/mol. The Morgan fingerprint density at radius 3 is 2.08 bits per heavy atom. The Morgan fingerprint density at radius 1 is 1.58 bits per heavy atom. The molecule has 0 spiro atoms. The topological polar surface area (TPSA) is 49.9 Å². The minimum absolute atomic E-state index is 0.155. The number of hydrogen-bond donors (Lipinski definition) is 2. The van der Waals surface area contributed by atoms with E-state index in [-0.39, 0.29) is 11.8 Å². The van der Waals surface area contributed by atoms with Crippen LogP contribution in [-0.4, -0.2) is 5.84 Å². The highest BCUT2D eigenvalue weighted by molar-refractivity contribution is 5.87. The van der Waals surface area contributed by atoms with Gasteiger partial charge < -0.3 is 5.73 Å². The van der Waals surface area contributed by atoms with Crippen molar-refractivity contribution in [2.75, 3.05) is 0 Å². The predicted molar refractivity (Wildman–Crippen MR) is 54.2 cm³/mol. The van der Waals surface area contributed by atoms with Crippen molar-refractivity contribution in [3.8, 4) is 0 Å². The number of hydrogen-bond acceptors (Lipinski definition) is 1. The van der Waals surface area contributed by atoms with Gasteiger partial charge in [0.1, 0.15) is 5.84 Å². The van der Waals surface area contributed by atoms with E-state index in [1.165, 1.54) is 0 Å². The molecule has 0 saturated carbocycles. The first-order valence-corrected chi connectivity index (χ1v) is 4.03. The maximum absolute atomic E-state index is 7.48. The van der Waals surface area contributed by atoms with Gasteiger partial charge in [-0.3, -0.25) is 5.41 Å². The Kier molecular flexibility index (Phi) is 3.25. The molecule has 0 aromatic heterocycles. The monoisotopic (exact) mass is 166 g/mol. The minimum atomic E-state index is -0.443. The molecule has 68 valence electrons. The molecule has 0 saturated heterocycles. The first kappa shape index (κ1) is 11.0. The van der Waals surface area contributed by atoms with E-state index in [0.717, 1.165) is 5.57 Å². The van der Waals surface area contributed by atoms with E-state index in [9.17, 15) is 0 Å². The molecule has 2 nitrogen and oxygen atoms in total. The standard InChI is InChI=1S/C10H18N2/c1-6-8(4)10(5,7(2)3)9(11)12/h6-7H,1,4H2,2-3,5H3,(H3,11,12). The normalized spacial score (nSPS) is 15.3. The second-order valence-electron chi connectivity index (χ2n) is 3.50. The van der Waals surface area contributed by atoms with Crippen LogP contribution in [-0.2, 0) is 0 Å². The van der Waals surface area contributed by atoms with Gasteiger partial charge in [0.2, 0.25) is 0 Å². The summed E-state index contributed by atoms with van der Waals surface area (Å²) in [5.74, 6) is 0.419. The molecule has 0 aromatic rings. The molecule has 2 heteroatoms. The lowest BCUT2D eigenvalue weighted by molar-refractivity contribution is 0.394. The van der Waals surface area contributed by atoms with Crippen molar-refractivity contribution < 1.29 is 0 Å². The van der Waals surface area contributed by atoms with Gasteiger partial charge in [-0.1, -0.05) is 33.1 Å². The van der Waals surface area contributed by atoms with Gasteiger partial charge in [-0.25, -0.2) is 0 Å². The van der Waals surface area contributed by atoms with Gasteiger partial charge in [0, 0.05) is 0 Å². The van der Waals surface area contributed by atoms with E-state index in [2.05, 4.69) is 13.2 Å². The van der Waals surface area contributed by atoms with Crippen LogP contribution in [0.25, 0.3) is 0 Å². The third-order valence-electron chi connectivity index (χ3n) is 2.63. The van der Waals surface area contributed by atoms with Gasteiger partial charge in [0.25, 0.3) is 0 Å². The largest absolute Gasteiger partial charge is 0.387 e. The molecule has 1 atom stereocenters. The Bertz CT molecular complexity index is 216. The van der Waals surface area contributed by atoms with Crippen molar-refractivity contribution in [1.82, 2.24) is 0 Å². The molecule has 0 aliphatic carbocycles. The second kappa shape index (κ2) is 3.57. The third-order valence-corrected chi connectivity index (χ3v) is 2.63. The molecule has 0 heterocycles. The maximum Gasteiger partial charge on any atom is 0.101 e. The zero-order chi connectivity index (χ0) is 9.94. The minimum Gasteiger partial charge on any atom is -0.387 e. The molecule has 0 aliphatic rings. The lowest BCUT2D eigenvalue weighted by Crippen LogP contribution is -2.39. The summed E-state index contributed by atoms with van der Waals surface area (Å²) >= 11 is 0. The van der Waals surface area contributed by atoms with Crippen LogP contribution in [0, 0.1) is 16.7 Å². The highest BCUT2D eigenvalue weighted by atomic mass is 14.8. The molecule has 1 unspecified atom stereocenters. The zero-order valence-electron chi connectivity index (χ0n) is 8.15. The first-order chi connectivity index (χ1) is 5.37. The van der Waals surface area contributed by atoms with Gasteiger partial charge in [-0.15, -0.1) is 0 Å². The van der Waals surface area contributed by atoms with Crippen LogP contribution < -0.4 is 5.73 Å². The van der Waals surface area contributed by atoms with Crippen LogP contribution in [0.4, 0.5) is 0 Å². The molecule has 0 aromatic carbocycles. The van der Waals surface area contributed by atoms with Gasteiger partial charge >= 0.3 is 0 Å². The zero-order valence-corrected chi connectivity index (χ0v) is 8.15. The van der Waals surface area contributed by atoms with Crippen LogP contribution in [0.2, 0.25) is 0 Å². The molecular formula is C10H18N2. The number of amidine groups is 1. The van der Waals surface area contributed by atoms with E-state index >= 15 is 0 Å². The van der Waals surface area contributed by atoms with Crippen LogP contribution in [0.15, 0.2) is 24.8 Å². The molecule has 0 bridgehead atoms. The Balaban J connectivity index is 5.00. The van der Waals surface area contributed by atoms with Crippen LogP contribution in [0.1, 0.15) is 20.8 Å². The predicted octanol–water partition coefficient (Wildman–Crippen LogP) is 2.33. The van der Waals surface area contributed by atoms with Gasteiger partial charge in [-0.2, -0.15) is 0 Å². The summed E-state index contributed by atoms with van der Waals surface area (Å²) < 4.78 is 0. The van der Waals surface area contributed by atoms with E-state index in [4.69, 9.17) is 11.1 Å². The number of nitrogens with one attached hydrogen (secondary N) is 1. The molecule has 12 heavy (non-hydrogen) atoms. The fourth-order valence-corrected chi connectivity index (χ4v) is 1.07. The van der Waals surface area contributed by atoms with E-state index in [0.29, 0.717) is 0 Å². The van der Waals surface area contributed by atoms with Crippen LogP contribution >= 0.6 is 0 Å². The lowest BCUT2D eigenvalue weighted by atomic mass is 9.72. The van der Waals surface area contributed by atoms with E-state index in [1.807, 2.05) is 20.8 Å². The van der Waals surface area contributed by atoms with Crippen molar-refractivity contribution in [1.29, 1.82) is 5.41 Å². The van der Waals surface area contributed by atoms with Crippen molar-refractivity contribution in [3.63, 3.8) is 0 Å². The van der Waals surface area contributed by atoms with Gasteiger partial charge in [0.05, 0.1) is 5.41 Å². The van der Waals surface area contributed by atoms with E-state index < -0.39 is 5.41 Å². The van der Waals surface area contributed by atoms with E-state index in [1.54, 1.807) is 6.08 Å². The summed E-state index contributed by atoms with van der Waals surface area (Å²) in [6.45, 7) is 13.5. The average Bonchev–Trinajstić information content (AvgIpc) is 2.00. The lowest BCUT2D eigenvalue weighted by Gasteiger charge is -2.33. The molecule has 0 radical (unpaired) electrons. The summed E-state index contributed by atoms with van der Waals surface area (Å²) in [4.78, 5) is 0. The number of rotatable bonds is 4. The van der Waals surface area contributed by atoms with Crippen molar-refractivity contribution in [3.05, 3.63) is 24.8 Å². The first-order valence-electron chi connectivity index (χ1n) is 4.03. The molecule has 3 N–H and O–H groups in total. The molecule has 0 rings (SSSR count). The van der Waals surface area contributed by atoms with Gasteiger partial charge in [-0.05, 0) is 18.4 Å². The Morgan fingerprint density at radius 2 is 2.00 bits per heavy atom. The fraction of sp³-hybridized carbons (Fsp3) is 0.500. The summed E-state index contributed by atoms with van der Waals surface area (Å²) in [5, 5.41) is 7.48. The molecule has 0 amide bonds. The van der Waals surface area contributed by atoms with Gasteiger partial charge in [0.15, 0.2) is 0 Å². The summed E-state index contributed by atoms with van der Waals surface area (Å²) in [7, 11) is 0. The Hall–Kier alpha value is -1.05. The van der Waals surface area contributed by atoms with Crippen LogP contribution in [0.3, 0.4) is 0 Å². The quantitative estimate of drug-likeness (QED) is 0.376. The van der Waals surface area contributed by atoms with Crippen molar-refractivity contribution in [2.24, 2.45) is 17.1 Å². The highest BCUT2D eigenvalue weighted by Gasteiger charge is 2.33. The summed E-state index contributed by atoms with van der Waals surface area (Å²) in [6.07, 6.45) is 1.67. The third kappa shape index (κ3) is 1.58. The highest BCUT2D eigenvalue weighted by Crippen LogP contribution is 2.34. The number of allylic oxidation sites excluding steroid dienone is 1.